The Morgan fingerprint density at radius 1 is 1.75 bits per heavy atom. The lowest BCUT2D eigenvalue weighted by Crippen LogP contribution is -2.36. The molecule has 0 radical (unpaired) electrons. The van der Waals surface area contributed by atoms with Crippen LogP contribution in [0.3, 0.4) is 0 Å². The van der Waals surface area contributed by atoms with Gasteiger partial charge in [0.25, 0.3) is 5.91 Å². The molecule has 0 aromatic carbocycles. The Kier molecular flexibility index (Phi) is 4.64. The largest absolute Gasteiger partial charge is 0.394 e. The molecule has 1 amide bonds. The molecule has 0 unspecified atom stereocenters. The third kappa shape index (κ3) is 3.15. The highest BCUT2D eigenvalue weighted by molar-refractivity contribution is 9.10. The van der Waals surface area contributed by atoms with Crippen LogP contribution in [0.2, 0.25) is 0 Å². The van der Waals surface area contributed by atoms with Crippen molar-refractivity contribution in [3.63, 3.8) is 0 Å². The fraction of sp³-hybridized carbons (Fsp3) is 0.273. The molecule has 0 aliphatic rings. The number of nitrogens with zero attached hydrogens (tertiary/aromatic N) is 1. The van der Waals surface area contributed by atoms with E-state index in [1.54, 1.807) is 19.1 Å². The van der Waals surface area contributed by atoms with Crippen molar-refractivity contribution in [2.45, 2.75) is 13.0 Å². The van der Waals surface area contributed by atoms with Crippen molar-refractivity contribution in [2.75, 3.05) is 6.61 Å². The number of pyridine rings is 1. The van der Waals surface area contributed by atoms with Crippen molar-refractivity contribution in [1.82, 2.24) is 10.3 Å². The Bertz CT molecular complexity index is 407. The van der Waals surface area contributed by atoms with E-state index in [0.29, 0.717) is 10.2 Å². The summed E-state index contributed by atoms with van der Waals surface area (Å²) in [5.41, 5.74) is 1.06. The SMILES string of the molecule is C=C[C@H](CO)NC(=O)c1nc(C)ccc1Br. The fourth-order valence-electron chi connectivity index (χ4n) is 1.11. The molecule has 1 atom stereocenters. The summed E-state index contributed by atoms with van der Waals surface area (Å²) in [7, 11) is 0. The number of hydrogen-bond donors (Lipinski definition) is 2. The van der Waals surface area contributed by atoms with Crippen LogP contribution in [0.25, 0.3) is 0 Å². The summed E-state index contributed by atoms with van der Waals surface area (Å²) in [5, 5.41) is 11.5. The Morgan fingerprint density at radius 3 is 3.00 bits per heavy atom. The second-order valence-corrected chi connectivity index (χ2v) is 4.14. The number of aromatic nitrogens is 1. The summed E-state index contributed by atoms with van der Waals surface area (Å²) < 4.78 is 0.622. The third-order valence-electron chi connectivity index (χ3n) is 2.00. The molecule has 1 aromatic rings. The maximum atomic E-state index is 11.8. The molecule has 0 spiro atoms. The second-order valence-electron chi connectivity index (χ2n) is 3.28. The molecule has 0 bridgehead atoms. The van der Waals surface area contributed by atoms with Crippen molar-refractivity contribution in [3.05, 3.63) is 40.6 Å². The number of nitrogens with one attached hydrogen (secondary N) is 1. The zero-order chi connectivity index (χ0) is 12.1. The Hall–Kier alpha value is -1.20. The number of hydrogen-bond acceptors (Lipinski definition) is 3. The minimum absolute atomic E-state index is 0.182. The molecule has 0 aliphatic carbocycles. The van der Waals surface area contributed by atoms with Crippen molar-refractivity contribution >= 4 is 21.8 Å². The topological polar surface area (TPSA) is 62.2 Å². The van der Waals surface area contributed by atoms with Gasteiger partial charge in [-0.3, -0.25) is 4.79 Å². The number of amides is 1. The number of aliphatic hydroxyl groups is 1. The predicted molar refractivity (Wildman–Crippen MR) is 65.2 cm³/mol. The first-order chi connectivity index (χ1) is 7.58. The maximum absolute atomic E-state index is 11.8. The lowest BCUT2D eigenvalue weighted by molar-refractivity contribution is 0.0923. The predicted octanol–water partition coefficient (Wildman–Crippen LogP) is 1.43. The van der Waals surface area contributed by atoms with Gasteiger partial charge < -0.3 is 10.4 Å². The van der Waals surface area contributed by atoms with Gasteiger partial charge in [-0.25, -0.2) is 4.98 Å². The van der Waals surface area contributed by atoms with Crippen molar-refractivity contribution in [1.29, 1.82) is 0 Å². The molecule has 4 nitrogen and oxygen atoms in total. The first-order valence-corrected chi connectivity index (χ1v) is 5.55. The molecular weight excluding hydrogens is 272 g/mol. The number of carbonyl (C=O) groups excluding carboxylic acids is 1. The monoisotopic (exact) mass is 284 g/mol. The minimum atomic E-state index is -0.457. The van der Waals surface area contributed by atoms with Crippen LogP contribution in [0.4, 0.5) is 0 Å². The fourth-order valence-corrected chi connectivity index (χ4v) is 1.52. The highest BCUT2D eigenvalue weighted by atomic mass is 79.9. The molecule has 16 heavy (non-hydrogen) atoms. The highest BCUT2D eigenvalue weighted by Gasteiger charge is 2.14. The van der Waals surface area contributed by atoms with E-state index in [4.69, 9.17) is 5.11 Å². The summed E-state index contributed by atoms with van der Waals surface area (Å²) in [6.07, 6.45) is 1.47. The van der Waals surface area contributed by atoms with Crippen molar-refractivity contribution < 1.29 is 9.90 Å². The Balaban J connectivity index is 2.87. The molecule has 1 aromatic heterocycles. The van der Waals surface area contributed by atoms with E-state index in [2.05, 4.69) is 32.8 Å². The summed E-state index contributed by atoms with van der Waals surface area (Å²) >= 11 is 3.25. The van der Waals surface area contributed by atoms with Gasteiger partial charge in [-0.05, 0) is 35.0 Å². The van der Waals surface area contributed by atoms with Crippen molar-refractivity contribution in [2.24, 2.45) is 0 Å². The number of aryl methyl sites for hydroxylation is 1. The van der Waals surface area contributed by atoms with Gasteiger partial charge in [0.05, 0.1) is 12.6 Å². The molecule has 2 N–H and O–H groups in total. The van der Waals surface area contributed by atoms with Crippen LogP contribution < -0.4 is 5.32 Å². The molecule has 5 heteroatoms. The molecule has 0 saturated carbocycles. The number of halogens is 1. The summed E-state index contributed by atoms with van der Waals surface area (Å²) in [6, 6.07) is 3.11. The van der Waals surface area contributed by atoms with Gasteiger partial charge in [0, 0.05) is 10.2 Å². The van der Waals surface area contributed by atoms with E-state index >= 15 is 0 Å². The summed E-state index contributed by atoms with van der Waals surface area (Å²) in [4.78, 5) is 15.9. The third-order valence-corrected chi connectivity index (χ3v) is 2.64. The van der Waals surface area contributed by atoms with Gasteiger partial charge in [0.1, 0.15) is 5.69 Å². The van der Waals surface area contributed by atoms with E-state index in [0.717, 1.165) is 5.69 Å². The molecule has 1 heterocycles. The van der Waals surface area contributed by atoms with Crippen LogP contribution in [-0.4, -0.2) is 28.6 Å². The Morgan fingerprint density at radius 2 is 2.44 bits per heavy atom. The van der Waals surface area contributed by atoms with Crippen LogP contribution in [0, 0.1) is 6.92 Å². The molecule has 0 saturated heterocycles. The number of aliphatic hydroxyl groups excluding tert-OH is 1. The van der Waals surface area contributed by atoms with E-state index in [9.17, 15) is 4.79 Å². The van der Waals surface area contributed by atoms with Crippen LogP contribution >= 0.6 is 15.9 Å². The zero-order valence-electron chi connectivity index (χ0n) is 8.90. The van der Waals surface area contributed by atoms with Crippen molar-refractivity contribution in [3.8, 4) is 0 Å². The first-order valence-electron chi connectivity index (χ1n) is 4.76. The molecule has 0 fully saturated rings. The Labute approximate surface area is 103 Å². The van der Waals surface area contributed by atoms with Gasteiger partial charge in [-0.1, -0.05) is 6.08 Å². The minimum Gasteiger partial charge on any atom is -0.394 e. The van der Waals surface area contributed by atoms with Crippen LogP contribution in [0.5, 0.6) is 0 Å². The lowest BCUT2D eigenvalue weighted by atomic mass is 10.2. The molecule has 86 valence electrons. The van der Waals surface area contributed by atoms with Gasteiger partial charge in [-0.15, -0.1) is 6.58 Å². The smallest absolute Gasteiger partial charge is 0.271 e. The number of rotatable bonds is 4. The first kappa shape index (κ1) is 12.9. The summed E-state index contributed by atoms with van der Waals surface area (Å²) in [6.45, 7) is 5.14. The molecular formula is C11H13BrN2O2. The van der Waals surface area contributed by atoms with E-state index in [1.165, 1.54) is 6.08 Å². The molecule has 0 aliphatic heterocycles. The average Bonchev–Trinajstić information content (AvgIpc) is 2.28. The van der Waals surface area contributed by atoms with Crippen LogP contribution in [0.15, 0.2) is 29.3 Å². The van der Waals surface area contributed by atoms with E-state index in [-0.39, 0.29) is 12.5 Å². The van der Waals surface area contributed by atoms with Gasteiger partial charge >= 0.3 is 0 Å². The zero-order valence-corrected chi connectivity index (χ0v) is 10.5. The quantitative estimate of drug-likeness (QED) is 0.823. The highest BCUT2D eigenvalue weighted by Crippen LogP contribution is 2.14. The lowest BCUT2D eigenvalue weighted by Gasteiger charge is -2.12. The van der Waals surface area contributed by atoms with Crippen LogP contribution in [0.1, 0.15) is 16.2 Å². The standard InChI is InChI=1S/C11H13BrN2O2/c1-3-8(6-15)14-11(16)10-9(12)5-4-7(2)13-10/h3-5,8,15H,1,6H2,2H3,(H,14,16)/t8-/m1/s1. The maximum Gasteiger partial charge on any atom is 0.271 e. The van der Waals surface area contributed by atoms with Gasteiger partial charge in [-0.2, -0.15) is 0 Å². The van der Waals surface area contributed by atoms with Gasteiger partial charge in [0.2, 0.25) is 0 Å². The van der Waals surface area contributed by atoms with Gasteiger partial charge in [0.15, 0.2) is 0 Å². The van der Waals surface area contributed by atoms with Crippen LogP contribution in [-0.2, 0) is 0 Å². The average molecular weight is 285 g/mol. The normalized spacial score (nSPS) is 11.9. The molecule has 1 rings (SSSR count). The summed E-state index contributed by atoms with van der Waals surface area (Å²) in [5.74, 6) is -0.338. The van der Waals surface area contributed by atoms with E-state index < -0.39 is 6.04 Å². The van der Waals surface area contributed by atoms with E-state index in [1.807, 2.05) is 0 Å². The number of carbonyl (C=O) groups is 1. The second kappa shape index (κ2) is 5.77.